The molecule has 9 heteroatoms. The van der Waals surface area contributed by atoms with Crippen LogP contribution in [0.4, 0.5) is 0 Å². The average molecular weight is 1380 g/mol. The van der Waals surface area contributed by atoms with Gasteiger partial charge in [-0.05, 0) is 224 Å². The van der Waals surface area contributed by atoms with Crippen LogP contribution in [0.25, 0.3) is 0 Å². The van der Waals surface area contributed by atoms with Gasteiger partial charge in [0.25, 0.3) is 0 Å². The van der Waals surface area contributed by atoms with Crippen LogP contribution in [0.2, 0.25) is 0 Å². The molecule has 0 aliphatic rings. The van der Waals surface area contributed by atoms with E-state index in [-0.39, 0.29) is 0 Å². The SMILES string of the molecule is CC(c1ccc(OCc2cc(OCCCc3ccccc3)cc(OCCCc3ccccc3)c2)cc1)(c1ccc(OCc2cc(OCCCc3ccccc3)cc(OCCCc3ccccc3)c2)cc1)c1ccc(OCc2cc(OCCCc3ccccc3)cc(OCCCc3ccccc3)c2)cc1. The van der Waals surface area contributed by atoms with Crippen LogP contribution in [0.3, 0.4) is 0 Å². The highest BCUT2D eigenvalue weighted by Crippen LogP contribution is 2.41. The van der Waals surface area contributed by atoms with Crippen LogP contribution in [0.5, 0.6) is 51.7 Å². The Morgan fingerprint density at radius 2 is 0.365 bits per heavy atom. The van der Waals surface area contributed by atoms with Gasteiger partial charge in [-0.25, -0.2) is 0 Å². The van der Waals surface area contributed by atoms with E-state index in [1.807, 2.05) is 18.2 Å². The van der Waals surface area contributed by atoms with Crippen molar-refractivity contribution >= 4 is 0 Å². The van der Waals surface area contributed by atoms with E-state index in [4.69, 9.17) is 42.6 Å². The molecule has 12 aromatic rings. The minimum absolute atomic E-state index is 0.325. The van der Waals surface area contributed by atoms with Crippen molar-refractivity contribution in [2.24, 2.45) is 0 Å². The molecule has 0 radical (unpaired) electrons. The molecule has 0 bridgehead atoms. The minimum atomic E-state index is -0.633. The fraction of sp³-hybridized carbons (Fsp3) is 0.242. The number of aryl methyl sites for hydroxylation is 6. The van der Waals surface area contributed by atoms with E-state index >= 15 is 0 Å². The molecular weight excluding hydrogens is 1290 g/mol. The molecule has 12 rings (SSSR count). The Bertz CT molecular complexity index is 3770. The number of ether oxygens (including phenoxy) is 9. The van der Waals surface area contributed by atoms with Crippen LogP contribution in [0.15, 0.2) is 309 Å². The van der Waals surface area contributed by atoms with Gasteiger partial charge in [-0.15, -0.1) is 0 Å². The van der Waals surface area contributed by atoms with Crippen LogP contribution in [0, 0.1) is 0 Å². The quantitative estimate of drug-likeness (QED) is 0.0274. The summed E-state index contributed by atoms with van der Waals surface area (Å²) in [5.41, 5.74) is 13.3. The molecular formula is C95H96O9. The number of hydrogen-bond donors (Lipinski definition) is 0. The number of rotatable bonds is 42. The molecule has 0 aliphatic carbocycles. The third-order valence-electron chi connectivity index (χ3n) is 18.7. The van der Waals surface area contributed by atoms with Crippen LogP contribution in [-0.2, 0) is 63.8 Å². The van der Waals surface area contributed by atoms with Crippen molar-refractivity contribution in [3.63, 3.8) is 0 Å². The summed E-state index contributed by atoms with van der Waals surface area (Å²) in [6.45, 7) is 6.75. The van der Waals surface area contributed by atoms with Gasteiger partial charge in [0.15, 0.2) is 0 Å². The lowest BCUT2D eigenvalue weighted by atomic mass is 9.71. The summed E-state index contributed by atoms with van der Waals surface area (Å²) in [6.07, 6.45) is 11.0. The van der Waals surface area contributed by atoms with E-state index in [0.29, 0.717) is 59.5 Å². The third kappa shape index (κ3) is 23.2. The first kappa shape index (κ1) is 72.6. The second-order valence-electron chi connectivity index (χ2n) is 26.6. The molecule has 12 aromatic carbocycles. The predicted molar refractivity (Wildman–Crippen MR) is 419 cm³/mol. The first-order valence-electron chi connectivity index (χ1n) is 37.0. The van der Waals surface area contributed by atoms with Gasteiger partial charge < -0.3 is 42.6 Å². The molecule has 0 saturated heterocycles. The van der Waals surface area contributed by atoms with Crippen LogP contribution >= 0.6 is 0 Å². The Labute approximate surface area is 615 Å². The van der Waals surface area contributed by atoms with Gasteiger partial charge in [0.1, 0.15) is 71.6 Å². The second kappa shape index (κ2) is 39.3. The topological polar surface area (TPSA) is 83.1 Å². The van der Waals surface area contributed by atoms with Gasteiger partial charge in [-0.1, -0.05) is 218 Å². The molecule has 0 heterocycles. The first-order chi connectivity index (χ1) is 51.4. The molecule has 104 heavy (non-hydrogen) atoms. The lowest BCUT2D eigenvalue weighted by molar-refractivity contribution is 0.286. The zero-order valence-electron chi connectivity index (χ0n) is 60.0. The summed E-state index contributed by atoms with van der Waals surface area (Å²) in [5, 5.41) is 0. The summed E-state index contributed by atoms with van der Waals surface area (Å²) in [6, 6.07) is 107. The highest BCUT2D eigenvalue weighted by Gasteiger charge is 2.32. The van der Waals surface area contributed by atoms with Crippen LogP contribution < -0.4 is 42.6 Å². The lowest BCUT2D eigenvalue weighted by Crippen LogP contribution is -2.25. The molecule has 0 saturated carbocycles. The maximum atomic E-state index is 6.62. The molecule has 9 nitrogen and oxygen atoms in total. The predicted octanol–water partition coefficient (Wildman–Crippen LogP) is 21.8. The van der Waals surface area contributed by atoms with Gasteiger partial charge in [-0.3, -0.25) is 0 Å². The Morgan fingerprint density at radius 1 is 0.183 bits per heavy atom. The smallest absolute Gasteiger partial charge is 0.123 e. The van der Waals surface area contributed by atoms with Crippen LogP contribution in [-0.4, -0.2) is 39.6 Å². The van der Waals surface area contributed by atoms with Crippen molar-refractivity contribution in [2.75, 3.05) is 39.6 Å². The van der Waals surface area contributed by atoms with Gasteiger partial charge >= 0.3 is 0 Å². The highest BCUT2D eigenvalue weighted by atomic mass is 16.5. The van der Waals surface area contributed by atoms with Crippen LogP contribution in [0.1, 0.15) is 112 Å². The van der Waals surface area contributed by atoms with E-state index < -0.39 is 5.41 Å². The molecule has 530 valence electrons. The van der Waals surface area contributed by atoms with E-state index in [1.165, 1.54) is 33.4 Å². The normalized spacial score (nSPS) is 11.2. The molecule has 0 amide bonds. The van der Waals surface area contributed by atoms with Gasteiger partial charge in [-0.2, -0.15) is 0 Å². The summed E-state index contributed by atoms with van der Waals surface area (Å²) < 4.78 is 58.3. The first-order valence-corrected chi connectivity index (χ1v) is 37.0. The van der Waals surface area contributed by atoms with E-state index in [1.54, 1.807) is 0 Å². The highest BCUT2D eigenvalue weighted by molar-refractivity contribution is 5.53. The fourth-order valence-electron chi connectivity index (χ4n) is 13.0. The van der Waals surface area contributed by atoms with Crippen molar-refractivity contribution in [3.05, 3.63) is 376 Å². The Morgan fingerprint density at radius 3 is 0.548 bits per heavy atom. The Kier molecular flexibility index (Phi) is 27.5. The molecule has 0 aromatic heterocycles. The van der Waals surface area contributed by atoms with Crippen molar-refractivity contribution in [1.82, 2.24) is 0 Å². The minimum Gasteiger partial charge on any atom is -0.493 e. The number of benzene rings is 12. The summed E-state index contributed by atoms with van der Waals surface area (Å²) in [4.78, 5) is 0. The molecule has 0 unspecified atom stereocenters. The average Bonchev–Trinajstić information content (AvgIpc) is 0.763. The standard InChI is InChI=1S/C95H96O9/c1-95(83-44-50-86(51-45-83)102-71-80-62-89(96-56-20-38-74-26-8-2-9-27-74)68-90(63-80)97-57-21-39-75-28-10-3-11-29-75,84-46-52-87(53-47-84)103-72-81-64-91(98-58-22-40-76-30-12-4-13-31-76)69-92(65-81)99-59-23-41-77-32-14-5-15-33-77)85-48-54-88(55-49-85)104-73-82-66-93(100-60-24-42-78-34-16-6-17-35-78)70-94(67-82)101-61-25-43-79-36-18-7-19-37-79/h2-19,26-37,44-55,62-70H,20-25,38-43,56-61,71-73H2,1H3. The van der Waals surface area contributed by atoms with Gasteiger partial charge in [0, 0.05) is 23.6 Å². The third-order valence-corrected chi connectivity index (χ3v) is 18.7. The monoisotopic (exact) mass is 1380 g/mol. The maximum Gasteiger partial charge on any atom is 0.123 e. The zero-order chi connectivity index (χ0) is 70.9. The zero-order valence-corrected chi connectivity index (χ0v) is 60.0. The fourth-order valence-corrected chi connectivity index (χ4v) is 13.0. The van der Waals surface area contributed by atoms with Crippen molar-refractivity contribution in [1.29, 1.82) is 0 Å². The maximum absolute atomic E-state index is 6.62. The number of hydrogen-bond acceptors (Lipinski definition) is 9. The molecule has 0 fully saturated rings. The van der Waals surface area contributed by atoms with Crippen molar-refractivity contribution in [3.8, 4) is 51.7 Å². The summed E-state index contributed by atoms with van der Waals surface area (Å²) >= 11 is 0. The summed E-state index contributed by atoms with van der Waals surface area (Å²) in [5.74, 6) is 6.81. The molecule has 0 atom stereocenters. The Balaban J connectivity index is 0.757. The summed E-state index contributed by atoms with van der Waals surface area (Å²) in [7, 11) is 0. The molecule has 0 aliphatic heterocycles. The largest absolute Gasteiger partial charge is 0.493 e. The van der Waals surface area contributed by atoms with Crippen molar-refractivity contribution < 1.29 is 42.6 Å². The van der Waals surface area contributed by atoms with E-state index in [2.05, 4.69) is 298 Å². The lowest BCUT2D eigenvalue weighted by Gasteiger charge is -2.32. The van der Waals surface area contributed by atoms with Gasteiger partial charge in [0.2, 0.25) is 0 Å². The van der Waals surface area contributed by atoms with Crippen molar-refractivity contribution in [2.45, 2.75) is 109 Å². The molecule has 0 spiro atoms. The second-order valence-corrected chi connectivity index (χ2v) is 26.6. The Hall–Kier alpha value is -11.2. The van der Waals surface area contributed by atoms with Gasteiger partial charge in [0.05, 0.1) is 39.6 Å². The van der Waals surface area contributed by atoms with E-state index in [9.17, 15) is 0 Å². The van der Waals surface area contributed by atoms with E-state index in [0.717, 1.165) is 162 Å². The molecule has 0 N–H and O–H groups in total.